The third kappa shape index (κ3) is 2.86. The van der Waals surface area contributed by atoms with Crippen molar-refractivity contribution in [1.29, 1.82) is 0 Å². The Hall–Kier alpha value is -2.48. The Bertz CT molecular complexity index is 716. The highest BCUT2D eigenvalue weighted by Crippen LogP contribution is 2.18. The molecule has 0 aliphatic rings. The number of hydrogen-bond donors (Lipinski definition) is 1. The minimum absolute atomic E-state index is 0.146. The number of non-ortho nitro benzene ring substituents is 1. The molecule has 0 radical (unpaired) electrons. The summed E-state index contributed by atoms with van der Waals surface area (Å²) < 4.78 is 13.7. The first-order valence-corrected chi connectivity index (χ1v) is 5.28. The number of hydrogen-bond acceptors (Lipinski definition) is 5. The summed E-state index contributed by atoms with van der Waals surface area (Å²) in [5.74, 6) is -0.918. The molecular weight excluding hydrogens is 279 g/mol. The average molecular weight is 285 g/mol. The van der Waals surface area contributed by atoms with Crippen LogP contribution in [0.25, 0.3) is 0 Å². The first kappa shape index (κ1) is 13.0. The smallest absolute Gasteiger partial charge is 0.271 e. The average Bonchev–Trinajstić information content (AvgIpc) is 2.36. The molecule has 19 heavy (non-hydrogen) atoms. The first-order valence-electron chi connectivity index (χ1n) is 4.90. The summed E-state index contributed by atoms with van der Waals surface area (Å²) in [5, 5.41) is 19.3. The Morgan fingerprint density at radius 3 is 2.95 bits per heavy atom. The number of rotatable bonds is 2. The van der Waals surface area contributed by atoms with E-state index in [4.69, 9.17) is 16.8 Å². The Morgan fingerprint density at radius 1 is 1.53 bits per heavy atom. The van der Waals surface area contributed by atoms with Crippen LogP contribution >= 0.6 is 11.6 Å². The molecule has 9 heteroatoms. The van der Waals surface area contributed by atoms with E-state index < -0.39 is 10.7 Å². The Kier molecular flexibility index (Phi) is 3.43. The molecule has 0 saturated heterocycles. The van der Waals surface area contributed by atoms with E-state index in [1.807, 2.05) is 0 Å². The second kappa shape index (κ2) is 5.02. The molecule has 0 aliphatic carbocycles. The molecule has 0 aliphatic heterocycles. The van der Waals surface area contributed by atoms with Crippen molar-refractivity contribution in [3.05, 3.63) is 57.2 Å². The van der Waals surface area contributed by atoms with E-state index in [2.05, 4.69) is 9.98 Å². The second-order valence-corrected chi connectivity index (χ2v) is 3.75. The number of nitro groups is 1. The highest BCUT2D eigenvalue weighted by molar-refractivity contribution is 6.28. The molecule has 98 valence electrons. The van der Waals surface area contributed by atoms with Crippen LogP contribution < -0.4 is 5.49 Å². The molecule has 1 aromatic heterocycles. The van der Waals surface area contributed by atoms with E-state index in [-0.39, 0.29) is 22.1 Å². The number of nitro benzene ring substituents is 1. The highest BCUT2D eigenvalue weighted by Gasteiger charge is 2.07. The maximum Gasteiger partial charge on any atom is 0.271 e. The topological polar surface area (TPSA) is 93.5 Å². The SMILES string of the molecule is O=[N+]([O-])c1cccc(N=c2nc(Cl)n(O)cc2F)c1. The van der Waals surface area contributed by atoms with Gasteiger partial charge in [0.15, 0.2) is 11.3 Å². The summed E-state index contributed by atoms with van der Waals surface area (Å²) in [6.07, 6.45) is 0.686. The molecule has 1 N–H and O–H groups in total. The van der Waals surface area contributed by atoms with Crippen molar-refractivity contribution in [1.82, 2.24) is 9.71 Å². The number of nitrogens with zero attached hydrogens (tertiary/aromatic N) is 4. The molecule has 0 amide bonds. The minimum atomic E-state index is -0.918. The van der Waals surface area contributed by atoms with Crippen molar-refractivity contribution in [2.45, 2.75) is 0 Å². The minimum Gasteiger partial charge on any atom is -0.426 e. The predicted molar refractivity (Wildman–Crippen MR) is 62.7 cm³/mol. The molecule has 0 bridgehead atoms. The number of benzene rings is 1. The second-order valence-electron chi connectivity index (χ2n) is 3.41. The van der Waals surface area contributed by atoms with E-state index in [0.29, 0.717) is 10.9 Å². The zero-order valence-corrected chi connectivity index (χ0v) is 9.95. The van der Waals surface area contributed by atoms with Gasteiger partial charge in [-0.05, 0) is 17.7 Å². The van der Waals surface area contributed by atoms with Crippen molar-refractivity contribution in [2.24, 2.45) is 4.99 Å². The molecule has 1 heterocycles. The van der Waals surface area contributed by atoms with Gasteiger partial charge in [-0.15, -0.1) is 0 Å². The van der Waals surface area contributed by atoms with E-state index in [9.17, 15) is 14.5 Å². The van der Waals surface area contributed by atoms with Gasteiger partial charge in [0.1, 0.15) is 0 Å². The van der Waals surface area contributed by atoms with E-state index in [1.165, 1.54) is 18.2 Å². The lowest BCUT2D eigenvalue weighted by atomic mass is 10.3. The van der Waals surface area contributed by atoms with Crippen molar-refractivity contribution >= 4 is 23.0 Å². The van der Waals surface area contributed by atoms with Crippen LogP contribution in [0.4, 0.5) is 15.8 Å². The molecule has 0 atom stereocenters. The maximum atomic E-state index is 13.4. The van der Waals surface area contributed by atoms with E-state index in [1.54, 1.807) is 0 Å². The summed E-state index contributed by atoms with van der Waals surface area (Å²) in [6, 6.07) is 5.30. The van der Waals surface area contributed by atoms with Crippen LogP contribution in [0.2, 0.25) is 5.28 Å². The fourth-order valence-electron chi connectivity index (χ4n) is 1.29. The summed E-state index contributed by atoms with van der Waals surface area (Å²) in [5.41, 5.74) is -0.413. The molecule has 1 aromatic carbocycles. The van der Waals surface area contributed by atoms with Gasteiger partial charge < -0.3 is 5.21 Å². The van der Waals surface area contributed by atoms with Crippen molar-refractivity contribution < 1.29 is 14.5 Å². The van der Waals surface area contributed by atoms with Crippen LogP contribution in [0.3, 0.4) is 0 Å². The molecular formula is C10H6ClFN4O3. The summed E-state index contributed by atoms with van der Waals surface area (Å²) in [6.45, 7) is 0. The molecule has 2 rings (SSSR count). The fraction of sp³-hybridized carbons (Fsp3) is 0. The Balaban J connectivity index is 2.55. The molecule has 2 aromatic rings. The summed E-state index contributed by atoms with van der Waals surface area (Å²) in [7, 11) is 0. The van der Waals surface area contributed by atoms with Gasteiger partial charge in [0.25, 0.3) is 5.69 Å². The highest BCUT2D eigenvalue weighted by atomic mass is 35.5. The van der Waals surface area contributed by atoms with Gasteiger partial charge >= 0.3 is 0 Å². The quantitative estimate of drug-likeness (QED) is 0.395. The van der Waals surface area contributed by atoms with Crippen LogP contribution in [0.1, 0.15) is 0 Å². The van der Waals surface area contributed by atoms with E-state index in [0.717, 1.165) is 6.07 Å². The first-order chi connectivity index (χ1) is 8.97. The molecule has 7 nitrogen and oxygen atoms in total. The van der Waals surface area contributed by atoms with Gasteiger partial charge in [-0.2, -0.15) is 9.71 Å². The van der Waals surface area contributed by atoms with Crippen LogP contribution in [0.5, 0.6) is 0 Å². The van der Waals surface area contributed by atoms with E-state index >= 15 is 0 Å². The Morgan fingerprint density at radius 2 is 2.26 bits per heavy atom. The molecule has 0 saturated carbocycles. The van der Waals surface area contributed by atoms with Crippen molar-refractivity contribution in [3.63, 3.8) is 0 Å². The van der Waals surface area contributed by atoms with Crippen molar-refractivity contribution in [2.75, 3.05) is 0 Å². The molecule has 0 spiro atoms. The largest absolute Gasteiger partial charge is 0.426 e. The van der Waals surface area contributed by atoms with Gasteiger partial charge in [-0.1, -0.05) is 6.07 Å². The summed E-state index contributed by atoms with van der Waals surface area (Å²) >= 11 is 5.50. The number of aromatic nitrogens is 2. The zero-order valence-electron chi connectivity index (χ0n) is 9.20. The van der Waals surface area contributed by atoms with Crippen LogP contribution in [0, 0.1) is 15.9 Å². The normalized spacial score (nSPS) is 11.6. The summed E-state index contributed by atoms with van der Waals surface area (Å²) in [4.78, 5) is 17.3. The van der Waals surface area contributed by atoms with Gasteiger partial charge in [0, 0.05) is 12.1 Å². The van der Waals surface area contributed by atoms with Gasteiger partial charge in [0.05, 0.1) is 16.8 Å². The lowest BCUT2D eigenvalue weighted by Crippen LogP contribution is -2.17. The standard InChI is InChI=1S/C10H6ClFN4O3/c11-10-14-9(8(12)5-15(10)17)13-6-2-1-3-7(4-6)16(18)19/h1-5,17H. The molecule has 0 fully saturated rings. The van der Waals surface area contributed by atoms with Crippen LogP contribution in [0.15, 0.2) is 35.5 Å². The third-order valence-corrected chi connectivity index (χ3v) is 2.37. The predicted octanol–water partition coefficient (Wildman–Crippen LogP) is 2.05. The van der Waals surface area contributed by atoms with Crippen LogP contribution in [-0.2, 0) is 0 Å². The monoisotopic (exact) mass is 284 g/mol. The zero-order chi connectivity index (χ0) is 14.0. The lowest BCUT2D eigenvalue weighted by Gasteiger charge is -1.99. The van der Waals surface area contributed by atoms with Crippen molar-refractivity contribution in [3.8, 4) is 0 Å². The maximum absolute atomic E-state index is 13.4. The number of halogens is 2. The van der Waals surface area contributed by atoms with Gasteiger partial charge in [-0.3, -0.25) is 10.1 Å². The van der Waals surface area contributed by atoms with Crippen LogP contribution in [-0.4, -0.2) is 19.8 Å². The lowest BCUT2D eigenvalue weighted by molar-refractivity contribution is -0.384. The fourth-order valence-corrected chi connectivity index (χ4v) is 1.42. The van der Waals surface area contributed by atoms with Gasteiger partial charge in [0.2, 0.25) is 5.28 Å². The van der Waals surface area contributed by atoms with Gasteiger partial charge in [-0.25, -0.2) is 9.38 Å². The third-order valence-electron chi connectivity index (χ3n) is 2.11. The molecule has 0 unspecified atom stereocenters. The Labute approximate surface area is 110 Å².